The van der Waals surface area contributed by atoms with Gasteiger partial charge in [-0.15, -0.1) is 0 Å². The number of rotatable bonds is 4. The minimum Gasteiger partial charge on any atom is -0.496 e. The Hall–Kier alpha value is -2.82. The molecule has 1 heterocycles. The quantitative estimate of drug-likeness (QED) is 0.774. The first-order chi connectivity index (χ1) is 11.1. The van der Waals surface area contributed by atoms with Gasteiger partial charge in [-0.25, -0.2) is 4.39 Å². The van der Waals surface area contributed by atoms with Gasteiger partial charge in [0, 0.05) is 23.0 Å². The number of aromatic nitrogens is 1. The van der Waals surface area contributed by atoms with E-state index in [-0.39, 0.29) is 11.7 Å². The van der Waals surface area contributed by atoms with E-state index >= 15 is 0 Å². The van der Waals surface area contributed by atoms with Crippen molar-refractivity contribution >= 4 is 16.8 Å². The number of amides is 1. The van der Waals surface area contributed by atoms with Crippen LogP contribution in [0.15, 0.2) is 42.5 Å². The lowest BCUT2D eigenvalue weighted by atomic mass is 10.1. The van der Waals surface area contributed by atoms with E-state index in [2.05, 4.69) is 10.3 Å². The normalized spacial score (nSPS) is 10.7. The average molecular weight is 312 g/mol. The highest BCUT2D eigenvalue weighted by atomic mass is 19.1. The molecule has 4 nitrogen and oxygen atoms in total. The standard InChI is InChI=1S/C18H17FN2O2/c1-11-14-8-7-13(19)9-15(14)21-17(11)18(22)20-10-12-5-3-4-6-16(12)23-2/h3-9,21H,10H2,1-2H3,(H,20,22). The summed E-state index contributed by atoms with van der Waals surface area (Å²) in [5.74, 6) is 0.160. The van der Waals surface area contributed by atoms with Crippen LogP contribution in [0.3, 0.4) is 0 Å². The molecule has 0 spiro atoms. The van der Waals surface area contributed by atoms with Gasteiger partial charge in [-0.3, -0.25) is 4.79 Å². The van der Waals surface area contributed by atoms with E-state index in [1.165, 1.54) is 12.1 Å². The lowest BCUT2D eigenvalue weighted by Gasteiger charge is -2.09. The Morgan fingerprint density at radius 3 is 2.83 bits per heavy atom. The van der Waals surface area contributed by atoms with Gasteiger partial charge in [-0.1, -0.05) is 18.2 Å². The Morgan fingerprint density at radius 1 is 1.26 bits per heavy atom. The van der Waals surface area contributed by atoms with Gasteiger partial charge in [0.15, 0.2) is 0 Å². The molecule has 1 aromatic heterocycles. The maximum Gasteiger partial charge on any atom is 0.268 e. The molecule has 3 aromatic rings. The van der Waals surface area contributed by atoms with Crippen molar-refractivity contribution in [2.24, 2.45) is 0 Å². The molecule has 23 heavy (non-hydrogen) atoms. The van der Waals surface area contributed by atoms with Crippen LogP contribution in [-0.4, -0.2) is 18.0 Å². The number of benzene rings is 2. The molecule has 0 aliphatic carbocycles. The zero-order valence-corrected chi connectivity index (χ0v) is 12.9. The van der Waals surface area contributed by atoms with Crippen LogP contribution < -0.4 is 10.1 Å². The first kappa shape index (κ1) is 15.1. The topological polar surface area (TPSA) is 54.1 Å². The number of aryl methyl sites for hydroxylation is 1. The molecule has 1 amide bonds. The van der Waals surface area contributed by atoms with Gasteiger partial charge in [0.1, 0.15) is 17.3 Å². The van der Waals surface area contributed by atoms with E-state index in [1.54, 1.807) is 13.2 Å². The monoisotopic (exact) mass is 312 g/mol. The summed E-state index contributed by atoms with van der Waals surface area (Å²) >= 11 is 0. The number of nitrogens with one attached hydrogen (secondary N) is 2. The molecule has 5 heteroatoms. The summed E-state index contributed by atoms with van der Waals surface area (Å²) in [4.78, 5) is 15.4. The van der Waals surface area contributed by atoms with E-state index in [0.29, 0.717) is 17.8 Å². The average Bonchev–Trinajstić information content (AvgIpc) is 2.89. The van der Waals surface area contributed by atoms with Gasteiger partial charge in [0.2, 0.25) is 0 Å². The van der Waals surface area contributed by atoms with E-state index < -0.39 is 0 Å². The molecule has 0 aliphatic rings. The Balaban J connectivity index is 1.82. The fourth-order valence-corrected chi connectivity index (χ4v) is 2.65. The van der Waals surface area contributed by atoms with Crippen molar-refractivity contribution in [1.29, 1.82) is 0 Å². The molecule has 0 atom stereocenters. The molecule has 0 saturated heterocycles. The van der Waals surface area contributed by atoms with Crippen LogP contribution in [0, 0.1) is 12.7 Å². The number of ether oxygens (including phenoxy) is 1. The highest BCUT2D eigenvalue weighted by molar-refractivity contribution is 6.00. The number of hydrogen-bond acceptors (Lipinski definition) is 2. The summed E-state index contributed by atoms with van der Waals surface area (Å²) in [5.41, 5.74) is 2.76. The van der Waals surface area contributed by atoms with Crippen LogP contribution in [-0.2, 0) is 6.54 Å². The summed E-state index contributed by atoms with van der Waals surface area (Å²) < 4.78 is 18.6. The third-order valence-electron chi connectivity index (χ3n) is 3.88. The molecule has 0 radical (unpaired) electrons. The number of para-hydroxylation sites is 1. The molecule has 3 rings (SSSR count). The highest BCUT2D eigenvalue weighted by Gasteiger charge is 2.15. The maximum atomic E-state index is 13.3. The molecule has 0 fully saturated rings. The molecular formula is C18H17FN2O2. The number of halogens is 1. The lowest BCUT2D eigenvalue weighted by molar-refractivity contribution is 0.0946. The third kappa shape index (κ3) is 2.90. The van der Waals surface area contributed by atoms with E-state index in [4.69, 9.17) is 4.74 Å². The fraction of sp³-hybridized carbons (Fsp3) is 0.167. The Kier molecular flexibility index (Phi) is 4.02. The summed E-state index contributed by atoms with van der Waals surface area (Å²) in [7, 11) is 1.59. The molecule has 0 unspecified atom stereocenters. The SMILES string of the molecule is COc1ccccc1CNC(=O)c1[nH]c2cc(F)ccc2c1C. The second-order valence-electron chi connectivity index (χ2n) is 5.31. The summed E-state index contributed by atoms with van der Waals surface area (Å²) in [6, 6.07) is 12.0. The van der Waals surface area contributed by atoms with Gasteiger partial charge in [0.25, 0.3) is 5.91 Å². The van der Waals surface area contributed by atoms with E-state index in [9.17, 15) is 9.18 Å². The minimum atomic E-state index is -0.334. The number of methoxy groups -OCH3 is 1. The van der Waals surface area contributed by atoms with Crippen molar-refractivity contribution in [1.82, 2.24) is 10.3 Å². The molecule has 2 aromatic carbocycles. The lowest BCUT2D eigenvalue weighted by Crippen LogP contribution is -2.24. The number of aromatic amines is 1. The second-order valence-corrected chi connectivity index (χ2v) is 5.31. The van der Waals surface area contributed by atoms with Crippen LogP contribution >= 0.6 is 0 Å². The van der Waals surface area contributed by atoms with Crippen molar-refractivity contribution in [3.63, 3.8) is 0 Å². The molecule has 0 bridgehead atoms. The first-order valence-electron chi connectivity index (χ1n) is 7.28. The number of H-pyrrole nitrogens is 1. The van der Waals surface area contributed by atoms with Crippen molar-refractivity contribution < 1.29 is 13.9 Å². The zero-order valence-electron chi connectivity index (χ0n) is 12.9. The van der Waals surface area contributed by atoms with Crippen LogP contribution in [0.1, 0.15) is 21.6 Å². The van der Waals surface area contributed by atoms with Gasteiger partial charge in [-0.05, 0) is 36.8 Å². The Morgan fingerprint density at radius 2 is 2.04 bits per heavy atom. The zero-order chi connectivity index (χ0) is 16.4. The van der Waals surface area contributed by atoms with E-state index in [0.717, 1.165) is 22.3 Å². The predicted molar refractivity (Wildman–Crippen MR) is 87.2 cm³/mol. The van der Waals surface area contributed by atoms with Crippen LogP contribution in [0.4, 0.5) is 4.39 Å². The summed E-state index contributed by atoms with van der Waals surface area (Å²) in [6.07, 6.45) is 0. The van der Waals surface area contributed by atoms with Crippen LogP contribution in [0.2, 0.25) is 0 Å². The maximum absolute atomic E-state index is 13.3. The van der Waals surface area contributed by atoms with Gasteiger partial charge in [-0.2, -0.15) is 0 Å². The summed E-state index contributed by atoms with van der Waals surface area (Å²) in [5, 5.41) is 3.70. The minimum absolute atomic E-state index is 0.231. The number of hydrogen-bond donors (Lipinski definition) is 2. The van der Waals surface area contributed by atoms with Crippen molar-refractivity contribution in [3.8, 4) is 5.75 Å². The molecule has 0 saturated carbocycles. The fourth-order valence-electron chi connectivity index (χ4n) is 2.65. The summed E-state index contributed by atoms with van der Waals surface area (Å²) in [6.45, 7) is 2.20. The second kappa shape index (κ2) is 6.12. The van der Waals surface area contributed by atoms with Crippen molar-refractivity contribution in [2.45, 2.75) is 13.5 Å². The van der Waals surface area contributed by atoms with Gasteiger partial charge in [0.05, 0.1) is 7.11 Å². The number of fused-ring (bicyclic) bond motifs is 1. The predicted octanol–water partition coefficient (Wildman–Crippen LogP) is 3.55. The third-order valence-corrected chi connectivity index (χ3v) is 3.88. The largest absolute Gasteiger partial charge is 0.496 e. The smallest absolute Gasteiger partial charge is 0.268 e. The van der Waals surface area contributed by atoms with Crippen LogP contribution in [0.5, 0.6) is 5.75 Å². The van der Waals surface area contributed by atoms with Crippen LogP contribution in [0.25, 0.3) is 10.9 Å². The van der Waals surface area contributed by atoms with Gasteiger partial charge >= 0.3 is 0 Å². The number of carbonyl (C=O) groups is 1. The van der Waals surface area contributed by atoms with Gasteiger partial charge < -0.3 is 15.0 Å². The Labute approximate surface area is 133 Å². The molecule has 2 N–H and O–H groups in total. The highest BCUT2D eigenvalue weighted by Crippen LogP contribution is 2.23. The molecule has 0 aliphatic heterocycles. The molecule has 118 valence electrons. The first-order valence-corrected chi connectivity index (χ1v) is 7.28. The molecular weight excluding hydrogens is 295 g/mol. The van der Waals surface area contributed by atoms with Crippen molar-refractivity contribution in [2.75, 3.05) is 7.11 Å². The number of carbonyl (C=O) groups excluding carboxylic acids is 1. The Bertz CT molecular complexity index is 871. The van der Waals surface area contributed by atoms with Crippen molar-refractivity contribution in [3.05, 3.63) is 65.1 Å². The van der Waals surface area contributed by atoms with E-state index in [1.807, 2.05) is 31.2 Å².